The fraction of sp³-hybridized carbons (Fsp3) is 0.444. The normalized spacial score (nSPS) is 22.3. The summed E-state index contributed by atoms with van der Waals surface area (Å²) in [6.07, 6.45) is 8.13. The second-order valence-electron chi connectivity index (χ2n) is 2.60. The Bertz CT molecular complexity index is 214. The molecule has 0 aliphatic carbocycles. The van der Waals surface area contributed by atoms with Crippen molar-refractivity contribution in [1.29, 1.82) is 0 Å². The number of amides is 1. The highest BCUT2D eigenvalue weighted by Crippen LogP contribution is 2.20. The number of likely N-dealkylation sites (tertiary alicyclic amines) is 1. The number of terminal acetylenes is 1. The van der Waals surface area contributed by atoms with E-state index in [4.69, 9.17) is 6.42 Å². The number of carbonyl (C=O) groups is 1. The van der Waals surface area contributed by atoms with Gasteiger partial charge in [0.2, 0.25) is 5.91 Å². The van der Waals surface area contributed by atoms with Gasteiger partial charge < -0.3 is 4.90 Å². The van der Waals surface area contributed by atoms with E-state index >= 15 is 0 Å². The number of hydrogen-bond acceptors (Lipinski definition) is 1. The lowest BCUT2D eigenvalue weighted by Gasteiger charge is -2.38. The number of rotatable bonds is 3. The summed E-state index contributed by atoms with van der Waals surface area (Å²) in [7, 11) is 0. The van der Waals surface area contributed by atoms with Crippen LogP contribution in [0.1, 0.15) is 12.8 Å². The number of nitrogens with zero attached hydrogens (tertiary/aromatic N) is 1. The van der Waals surface area contributed by atoms with Crippen LogP contribution in [0.4, 0.5) is 0 Å². The smallest absolute Gasteiger partial charge is 0.225 e. The van der Waals surface area contributed by atoms with Crippen molar-refractivity contribution >= 4 is 5.91 Å². The molecule has 0 spiro atoms. The molecule has 1 rings (SSSR count). The second kappa shape index (κ2) is 3.25. The van der Waals surface area contributed by atoms with Crippen molar-refractivity contribution in [2.75, 3.05) is 6.54 Å². The molecular formula is C9H11NO. The summed E-state index contributed by atoms with van der Waals surface area (Å²) in [6, 6.07) is 0.269. The number of hydrogen-bond donors (Lipinski definition) is 0. The first kappa shape index (κ1) is 7.87. The summed E-state index contributed by atoms with van der Waals surface area (Å²) < 4.78 is 0. The van der Waals surface area contributed by atoms with Crippen LogP contribution in [0.3, 0.4) is 0 Å². The molecule has 2 heteroatoms. The van der Waals surface area contributed by atoms with Gasteiger partial charge in [0.15, 0.2) is 0 Å². The lowest BCUT2D eigenvalue weighted by atomic mass is 9.99. The Balaban J connectivity index is 2.42. The van der Waals surface area contributed by atoms with Gasteiger partial charge in [-0.05, 0) is 0 Å². The molecule has 2 nitrogen and oxygen atoms in total. The van der Waals surface area contributed by atoms with Gasteiger partial charge in [-0.2, -0.15) is 0 Å². The van der Waals surface area contributed by atoms with Crippen LogP contribution in [0, 0.1) is 12.3 Å². The molecule has 0 aromatic carbocycles. The summed E-state index contributed by atoms with van der Waals surface area (Å²) in [5.74, 6) is 2.74. The number of carbonyl (C=O) groups excluding carboxylic acids is 1. The second-order valence-corrected chi connectivity index (χ2v) is 2.60. The summed E-state index contributed by atoms with van der Waals surface area (Å²) in [5, 5.41) is 0. The van der Waals surface area contributed by atoms with Crippen LogP contribution in [0.15, 0.2) is 12.7 Å². The Morgan fingerprint density at radius 2 is 2.64 bits per heavy atom. The van der Waals surface area contributed by atoms with Crippen LogP contribution in [-0.4, -0.2) is 23.4 Å². The molecule has 58 valence electrons. The Labute approximate surface area is 66.9 Å². The van der Waals surface area contributed by atoms with Gasteiger partial charge in [-0.15, -0.1) is 18.9 Å². The minimum Gasteiger partial charge on any atom is -0.334 e. The van der Waals surface area contributed by atoms with Gasteiger partial charge in [0.05, 0.1) is 6.04 Å². The summed E-state index contributed by atoms with van der Waals surface area (Å²) in [6.45, 7) is 4.20. The predicted molar refractivity (Wildman–Crippen MR) is 43.8 cm³/mol. The molecule has 1 atom stereocenters. The molecule has 0 aromatic rings. The highest BCUT2D eigenvalue weighted by molar-refractivity contribution is 5.83. The quantitative estimate of drug-likeness (QED) is 0.330. The van der Waals surface area contributed by atoms with Crippen LogP contribution in [-0.2, 0) is 4.79 Å². The van der Waals surface area contributed by atoms with Gasteiger partial charge >= 0.3 is 0 Å². The third-order valence-electron chi connectivity index (χ3n) is 1.85. The Hall–Kier alpha value is -1.23. The molecule has 0 radical (unpaired) electrons. The average Bonchev–Trinajstić information content (AvgIpc) is 2.00. The molecule has 0 bridgehead atoms. The van der Waals surface area contributed by atoms with E-state index in [0.717, 1.165) is 0 Å². The largest absolute Gasteiger partial charge is 0.334 e. The lowest BCUT2D eigenvalue weighted by Crippen LogP contribution is -2.52. The van der Waals surface area contributed by atoms with Crippen molar-refractivity contribution in [2.24, 2.45) is 0 Å². The van der Waals surface area contributed by atoms with Gasteiger partial charge in [-0.25, -0.2) is 0 Å². The van der Waals surface area contributed by atoms with Crippen LogP contribution in [0.2, 0.25) is 0 Å². The molecule has 1 amide bonds. The van der Waals surface area contributed by atoms with E-state index in [-0.39, 0.29) is 11.9 Å². The van der Waals surface area contributed by atoms with Crippen LogP contribution in [0.25, 0.3) is 0 Å². The molecule has 1 saturated heterocycles. The topological polar surface area (TPSA) is 20.3 Å². The van der Waals surface area contributed by atoms with E-state index in [2.05, 4.69) is 12.5 Å². The Kier molecular flexibility index (Phi) is 2.32. The fourth-order valence-corrected chi connectivity index (χ4v) is 1.23. The van der Waals surface area contributed by atoms with E-state index in [1.54, 1.807) is 11.0 Å². The zero-order chi connectivity index (χ0) is 8.27. The van der Waals surface area contributed by atoms with E-state index in [0.29, 0.717) is 19.4 Å². The Morgan fingerprint density at radius 1 is 1.91 bits per heavy atom. The fourth-order valence-electron chi connectivity index (χ4n) is 1.23. The van der Waals surface area contributed by atoms with Gasteiger partial charge in [-0.1, -0.05) is 6.08 Å². The zero-order valence-corrected chi connectivity index (χ0v) is 6.42. The van der Waals surface area contributed by atoms with Crippen molar-refractivity contribution in [2.45, 2.75) is 18.9 Å². The monoisotopic (exact) mass is 149 g/mol. The van der Waals surface area contributed by atoms with Crippen molar-refractivity contribution in [3.8, 4) is 12.3 Å². The third kappa shape index (κ3) is 1.43. The Morgan fingerprint density at radius 3 is 3.09 bits per heavy atom. The van der Waals surface area contributed by atoms with Gasteiger partial charge in [-0.3, -0.25) is 4.79 Å². The highest BCUT2D eigenvalue weighted by atomic mass is 16.2. The van der Waals surface area contributed by atoms with E-state index in [1.165, 1.54) is 0 Å². The molecule has 0 saturated carbocycles. The van der Waals surface area contributed by atoms with Gasteiger partial charge in [0.25, 0.3) is 0 Å². The first-order chi connectivity index (χ1) is 5.29. The molecule has 0 aromatic heterocycles. The predicted octanol–water partition coefficient (Wildman–Crippen LogP) is 0.797. The molecule has 1 aliphatic rings. The standard InChI is InChI=1S/C9H11NO/c1-3-5-8-7-9(11)10(8)6-4-2/h1,4,8H,2,5-7H2. The van der Waals surface area contributed by atoms with Crippen LogP contribution in [0.5, 0.6) is 0 Å². The van der Waals surface area contributed by atoms with Crippen LogP contribution >= 0.6 is 0 Å². The minimum atomic E-state index is 0.185. The maximum atomic E-state index is 10.9. The molecule has 0 N–H and O–H groups in total. The molecule has 1 heterocycles. The molecular weight excluding hydrogens is 138 g/mol. The highest BCUT2D eigenvalue weighted by Gasteiger charge is 2.33. The van der Waals surface area contributed by atoms with Gasteiger partial charge in [0.1, 0.15) is 0 Å². The van der Waals surface area contributed by atoms with E-state index in [9.17, 15) is 4.79 Å². The molecule has 1 unspecified atom stereocenters. The van der Waals surface area contributed by atoms with Crippen molar-refractivity contribution < 1.29 is 4.79 Å². The van der Waals surface area contributed by atoms with E-state index in [1.807, 2.05) is 0 Å². The zero-order valence-electron chi connectivity index (χ0n) is 6.42. The maximum absolute atomic E-state index is 10.9. The number of β-lactam (4-membered cyclic amide) rings is 1. The summed E-state index contributed by atoms with van der Waals surface area (Å²) in [5.41, 5.74) is 0. The first-order valence-corrected chi connectivity index (χ1v) is 3.63. The average molecular weight is 149 g/mol. The molecule has 1 aliphatic heterocycles. The maximum Gasteiger partial charge on any atom is 0.225 e. The third-order valence-corrected chi connectivity index (χ3v) is 1.85. The van der Waals surface area contributed by atoms with Crippen molar-refractivity contribution in [3.63, 3.8) is 0 Å². The SMILES string of the molecule is C#CCC1CC(=O)N1CC=C. The summed E-state index contributed by atoms with van der Waals surface area (Å²) in [4.78, 5) is 12.7. The van der Waals surface area contributed by atoms with E-state index < -0.39 is 0 Å². The van der Waals surface area contributed by atoms with Crippen LogP contribution < -0.4 is 0 Å². The molecule has 11 heavy (non-hydrogen) atoms. The van der Waals surface area contributed by atoms with Gasteiger partial charge in [0, 0.05) is 19.4 Å². The molecule has 1 fully saturated rings. The summed E-state index contributed by atoms with van der Waals surface area (Å²) >= 11 is 0. The minimum absolute atomic E-state index is 0.185. The van der Waals surface area contributed by atoms with Crippen molar-refractivity contribution in [1.82, 2.24) is 4.90 Å². The van der Waals surface area contributed by atoms with Crippen molar-refractivity contribution in [3.05, 3.63) is 12.7 Å². The first-order valence-electron chi connectivity index (χ1n) is 3.63. The lowest BCUT2D eigenvalue weighted by molar-refractivity contribution is -0.144.